The molecule has 1 aliphatic rings. The van der Waals surface area contributed by atoms with E-state index in [1.54, 1.807) is 6.20 Å². The third-order valence-corrected chi connectivity index (χ3v) is 4.54. The van der Waals surface area contributed by atoms with Crippen molar-refractivity contribution in [2.45, 2.75) is 38.5 Å². The second-order valence-corrected chi connectivity index (χ2v) is 6.43. The number of amides is 2. The van der Waals surface area contributed by atoms with Gasteiger partial charge in [0.05, 0.1) is 0 Å². The van der Waals surface area contributed by atoms with E-state index < -0.39 is 5.91 Å². The molecule has 4 N–H and O–H groups in total. The number of carbonyl (C=O) groups is 2. The summed E-state index contributed by atoms with van der Waals surface area (Å²) in [6, 6.07) is 5.80. The number of aromatic amines is 1. The molecule has 0 fully saturated rings. The number of aromatic nitrogens is 2. The first-order valence-electron chi connectivity index (χ1n) is 8.79. The van der Waals surface area contributed by atoms with E-state index in [4.69, 9.17) is 5.73 Å². The highest BCUT2D eigenvalue weighted by molar-refractivity contribution is 5.78. The van der Waals surface area contributed by atoms with E-state index in [1.807, 2.05) is 18.2 Å². The Morgan fingerprint density at radius 2 is 2.08 bits per heavy atom. The number of nitrogens with zero attached hydrogens (tertiary/aromatic N) is 1. The van der Waals surface area contributed by atoms with Crippen molar-refractivity contribution in [3.8, 4) is 11.1 Å². The maximum absolute atomic E-state index is 12.4. The minimum Gasteiger partial charge on any atom is -0.370 e. The van der Waals surface area contributed by atoms with E-state index in [-0.39, 0.29) is 30.9 Å². The fourth-order valence-electron chi connectivity index (χ4n) is 3.21. The Kier molecular flexibility index (Phi) is 5.46. The summed E-state index contributed by atoms with van der Waals surface area (Å²) in [6.45, 7) is 0.216. The van der Waals surface area contributed by atoms with Crippen LogP contribution in [0.3, 0.4) is 0 Å². The number of aryl methyl sites for hydroxylation is 3. The van der Waals surface area contributed by atoms with Gasteiger partial charge in [-0.25, -0.2) is 0 Å². The van der Waals surface area contributed by atoms with E-state index in [1.165, 1.54) is 0 Å². The van der Waals surface area contributed by atoms with Gasteiger partial charge in [-0.1, -0.05) is 6.07 Å². The highest BCUT2D eigenvalue weighted by Crippen LogP contribution is 2.30. The molecule has 26 heavy (non-hydrogen) atoms. The lowest BCUT2D eigenvalue weighted by atomic mass is 9.99. The van der Waals surface area contributed by atoms with Crippen LogP contribution in [0.25, 0.3) is 11.1 Å². The van der Waals surface area contributed by atoms with Crippen LogP contribution in [0, 0.1) is 0 Å². The molecule has 0 saturated carbocycles. The van der Waals surface area contributed by atoms with Crippen molar-refractivity contribution < 1.29 is 9.59 Å². The molecule has 2 amide bonds. The zero-order valence-electron chi connectivity index (χ0n) is 14.5. The summed E-state index contributed by atoms with van der Waals surface area (Å²) in [4.78, 5) is 42.4. The molecule has 0 aliphatic heterocycles. The number of carbonyl (C=O) groups excluding carboxylic acids is 2. The van der Waals surface area contributed by atoms with Crippen LogP contribution in [0.5, 0.6) is 0 Å². The summed E-state index contributed by atoms with van der Waals surface area (Å²) in [5.74, 6) is -0.664. The van der Waals surface area contributed by atoms with Gasteiger partial charge in [0, 0.05) is 53.7 Å². The molecular formula is C19H22N4O3. The van der Waals surface area contributed by atoms with Crippen LogP contribution in [0.2, 0.25) is 0 Å². The minimum atomic E-state index is -0.459. The van der Waals surface area contributed by atoms with Gasteiger partial charge in [-0.2, -0.15) is 0 Å². The molecular weight excluding hydrogens is 332 g/mol. The molecule has 136 valence electrons. The Morgan fingerprint density at radius 1 is 1.23 bits per heavy atom. The van der Waals surface area contributed by atoms with Gasteiger partial charge < -0.3 is 16.0 Å². The zero-order valence-corrected chi connectivity index (χ0v) is 14.5. The molecule has 2 aromatic rings. The first-order chi connectivity index (χ1) is 12.5. The van der Waals surface area contributed by atoms with Crippen molar-refractivity contribution in [2.75, 3.05) is 6.54 Å². The highest BCUT2D eigenvalue weighted by atomic mass is 16.2. The molecule has 7 heteroatoms. The molecule has 0 saturated heterocycles. The van der Waals surface area contributed by atoms with Gasteiger partial charge >= 0.3 is 0 Å². The number of nitrogens with two attached hydrogens (primary N) is 1. The number of hydrogen-bond donors (Lipinski definition) is 3. The third-order valence-electron chi connectivity index (χ3n) is 4.54. The Morgan fingerprint density at radius 3 is 2.88 bits per heavy atom. The van der Waals surface area contributed by atoms with Gasteiger partial charge in [0.1, 0.15) is 0 Å². The van der Waals surface area contributed by atoms with E-state index >= 15 is 0 Å². The summed E-state index contributed by atoms with van der Waals surface area (Å²) in [7, 11) is 0. The lowest BCUT2D eigenvalue weighted by Crippen LogP contribution is -2.28. The van der Waals surface area contributed by atoms with Crippen LogP contribution in [-0.2, 0) is 28.9 Å². The van der Waals surface area contributed by atoms with Gasteiger partial charge in [0.25, 0.3) is 5.56 Å². The number of pyridine rings is 2. The van der Waals surface area contributed by atoms with E-state index in [0.717, 1.165) is 41.8 Å². The van der Waals surface area contributed by atoms with E-state index in [9.17, 15) is 14.4 Å². The maximum Gasteiger partial charge on any atom is 0.251 e. The van der Waals surface area contributed by atoms with Crippen molar-refractivity contribution in [3.63, 3.8) is 0 Å². The lowest BCUT2D eigenvalue weighted by Gasteiger charge is -2.11. The average Bonchev–Trinajstić information content (AvgIpc) is 2.78. The van der Waals surface area contributed by atoms with Crippen LogP contribution in [0.1, 0.15) is 36.2 Å². The third kappa shape index (κ3) is 4.17. The number of fused-ring (bicyclic) bond motifs is 3. The monoisotopic (exact) mass is 354 g/mol. The molecule has 1 aliphatic carbocycles. The number of nitrogens with one attached hydrogen (secondary N) is 2. The molecule has 0 unspecified atom stereocenters. The highest BCUT2D eigenvalue weighted by Gasteiger charge is 2.17. The number of rotatable bonds is 6. The first kappa shape index (κ1) is 17.8. The Labute approximate surface area is 151 Å². The van der Waals surface area contributed by atoms with Gasteiger partial charge in [-0.3, -0.25) is 19.4 Å². The maximum atomic E-state index is 12.4. The summed E-state index contributed by atoms with van der Waals surface area (Å²) in [5.41, 5.74) is 9.46. The standard InChI is InChI=1S/C19H22N4O3/c20-17(24)8-10-22-18(25)7-6-12-11-14-13-3-2-9-21-15(13)4-1-5-16(14)23-19(12)26/h2-3,9,11H,1,4-8,10H2,(H2,20,24)(H,22,25)(H,23,26). The Balaban J connectivity index is 1.77. The lowest BCUT2D eigenvalue weighted by molar-refractivity contribution is -0.121. The van der Waals surface area contributed by atoms with Crippen LogP contribution in [0.15, 0.2) is 29.2 Å². The quantitative estimate of drug-likeness (QED) is 0.712. The van der Waals surface area contributed by atoms with Crippen molar-refractivity contribution in [1.82, 2.24) is 15.3 Å². The number of primary amides is 1. The van der Waals surface area contributed by atoms with Crippen LogP contribution < -0.4 is 16.6 Å². The minimum absolute atomic E-state index is 0.106. The predicted molar refractivity (Wildman–Crippen MR) is 97.5 cm³/mol. The van der Waals surface area contributed by atoms with Gasteiger partial charge in [0.15, 0.2) is 0 Å². The summed E-state index contributed by atoms with van der Waals surface area (Å²) >= 11 is 0. The van der Waals surface area contributed by atoms with E-state index in [0.29, 0.717) is 12.0 Å². The average molecular weight is 354 g/mol. The second-order valence-electron chi connectivity index (χ2n) is 6.43. The van der Waals surface area contributed by atoms with E-state index in [2.05, 4.69) is 15.3 Å². The zero-order chi connectivity index (χ0) is 18.5. The van der Waals surface area contributed by atoms with Gasteiger partial charge in [-0.05, 0) is 37.8 Å². The molecule has 7 nitrogen and oxygen atoms in total. The summed E-state index contributed by atoms with van der Waals surface area (Å²) < 4.78 is 0. The molecule has 3 rings (SSSR count). The van der Waals surface area contributed by atoms with Gasteiger partial charge in [-0.15, -0.1) is 0 Å². The Hall–Kier alpha value is -2.96. The van der Waals surface area contributed by atoms with Crippen LogP contribution in [-0.4, -0.2) is 28.3 Å². The smallest absolute Gasteiger partial charge is 0.251 e. The number of hydrogen-bond acceptors (Lipinski definition) is 4. The van der Waals surface area contributed by atoms with Crippen molar-refractivity contribution in [2.24, 2.45) is 5.73 Å². The molecule has 0 atom stereocenters. The topological polar surface area (TPSA) is 118 Å². The van der Waals surface area contributed by atoms with Gasteiger partial charge in [0.2, 0.25) is 11.8 Å². The van der Waals surface area contributed by atoms with Crippen molar-refractivity contribution in [3.05, 3.63) is 51.7 Å². The first-order valence-corrected chi connectivity index (χ1v) is 8.79. The Bertz CT molecular complexity index is 889. The molecule has 0 aromatic carbocycles. The number of H-pyrrole nitrogens is 1. The molecule has 0 bridgehead atoms. The molecule has 0 radical (unpaired) electrons. The molecule has 2 aromatic heterocycles. The van der Waals surface area contributed by atoms with Crippen LogP contribution in [0.4, 0.5) is 0 Å². The summed E-state index contributed by atoms with van der Waals surface area (Å²) in [5, 5.41) is 2.63. The fourth-order valence-corrected chi connectivity index (χ4v) is 3.21. The normalized spacial score (nSPS) is 12.6. The molecule has 2 heterocycles. The summed E-state index contributed by atoms with van der Waals surface area (Å²) in [6.07, 6.45) is 5.02. The van der Waals surface area contributed by atoms with Crippen molar-refractivity contribution in [1.29, 1.82) is 0 Å². The van der Waals surface area contributed by atoms with Crippen LogP contribution >= 0.6 is 0 Å². The predicted octanol–water partition coefficient (Wildman–Crippen LogP) is 0.850. The largest absolute Gasteiger partial charge is 0.370 e. The second kappa shape index (κ2) is 7.95. The van der Waals surface area contributed by atoms with Crippen molar-refractivity contribution >= 4 is 11.8 Å². The SMILES string of the molecule is NC(=O)CCNC(=O)CCc1cc2c([nH]c1=O)CCCc1ncccc1-2. The molecule has 0 spiro atoms. The fraction of sp³-hybridized carbons (Fsp3) is 0.368.